The van der Waals surface area contributed by atoms with E-state index in [1.165, 1.54) is 11.1 Å². The molecule has 6 rings (SSSR count). The number of fused-ring (bicyclic) bond motifs is 4. The predicted molar refractivity (Wildman–Crippen MR) is 117 cm³/mol. The molecule has 0 fully saturated rings. The van der Waals surface area contributed by atoms with Gasteiger partial charge < -0.3 is 0 Å². The number of imide groups is 1. The maximum Gasteiger partial charge on any atom is 0.267 e. The monoisotopic (exact) mass is 405 g/mol. The van der Waals surface area contributed by atoms with Crippen LogP contribution >= 0.6 is 0 Å². The molecule has 0 atom stereocenters. The van der Waals surface area contributed by atoms with Crippen molar-refractivity contribution in [1.29, 1.82) is 0 Å². The molecule has 0 aliphatic carbocycles. The van der Waals surface area contributed by atoms with Crippen LogP contribution in [-0.2, 0) is 7.05 Å². The zero-order valence-electron chi connectivity index (χ0n) is 16.5. The summed E-state index contributed by atoms with van der Waals surface area (Å²) < 4.78 is 1.63. The lowest BCUT2D eigenvalue weighted by Crippen LogP contribution is -2.29. The maximum atomic E-state index is 13.7. The number of amides is 2. The lowest BCUT2D eigenvalue weighted by atomic mass is 10.0. The fourth-order valence-electron chi connectivity index (χ4n) is 4.26. The standard InChI is InChI=1S/C24H15N5O2/c1-28-22-20(21(27-28)15-9-11-25-12-10-15)19-17(13-26-22)23(30)29(24(19)31)18-8-4-6-14-5-2-3-7-16(14)18/h2-13H,1H3. The largest absolute Gasteiger partial charge is 0.268 e. The maximum absolute atomic E-state index is 13.7. The molecule has 2 amide bonds. The van der Waals surface area contributed by atoms with E-state index in [-0.39, 0.29) is 17.4 Å². The molecule has 5 aromatic rings. The van der Waals surface area contributed by atoms with Crippen molar-refractivity contribution in [3.63, 3.8) is 0 Å². The third-order valence-corrected chi connectivity index (χ3v) is 5.66. The van der Waals surface area contributed by atoms with Crippen molar-refractivity contribution in [3.8, 4) is 11.3 Å². The number of carbonyl (C=O) groups is 2. The molecular weight excluding hydrogens is 390 g/mol. The number of nitrogens with zero attached hydrogens (tertiary/aromatic N) is 5. The molecule has 1 aliphatic heterocycles. The number of benzene rings is 2. The van der Waals surface area contributed by atoms with E-state index in [2.05, 4.69) is 15.1 Å². The molecule has 0 saturated heterocycles. The first kappa shape index (κ1) is 17.5. The van der Waals surface area contributed by atoms with Crippen LogP contribution in [0, 0.1) is 0 Å². The highest BCUT2D eigenvalue weighted by molar-refractivity contribution is 6.39. The number of carbonyl (C=O) groups excluding carboxylic acids is 2. The highest BCUT2D eigenvalue weighted by Crippen LogP contribution is 2.38. The van der Waals surface area contributed by atoms with Crippen LogP contribution in [0.2, 0.25) is 0 Å². The van der Waals surface area contributed by atoms with Gasteiger partial charge in [-0.3, -0.25) is 14.6 Å². The van der Waals surface area contributed by atoms with Gasteiger partial charge in [0.2, 0.25) is 0 Å². The SMILES string of the molecule is Cn1nc(-c2ccncc2)c2c3c(cnc21)C(=O)N(c1cccc2ccccc12)C3=O. The summed E-state index contributed by atoms with van der Waals surface area (Å²) in [5, 5.41) is 6.96. The predicted octanol–water partition coefficient (Wildman–Crippen LogP) is 3.98. The molecule has 1 aliphatic rings. The minimum absolute atomic E-state index is 0.286. The van der Waals surface area contributed by atoms with E-state index in [0.29, 0.717) is 28.0 Å². The Bertz CT molecular complexity index is 1530. The van der Waals surface area contributed by atoms with Gasteiger partial charge in [0.15, 0.2) is 5.65 Å². The van der Waals surface area contributed by atoms with Gasteiger partial charge in [-0.05, 0) is 23.6 Å². The zero-order valence-corrected chi connectivity index (χ0v) is 16.5. The Labute approximate surface area is 176 Å². The lowest BCUT2D eigenvalue weighted by molar-refractivity contribution is 0.0927. The summed E-state index contributed by atoms with van der Waals surface area (Å²) in [7, 11) is 1.77. The van der Waals surface area contributed by atoms with Gasteiger partial charge in [0.05, 0.1) is 22.2 Å². The van der Waals surface area contributed by atoms with Crippen molar-refractivity contribution in [2.75, 3.05) is 4.90 Å². The van der Waals surface area contributed by atoms with Crippen LogP contribution in [0.15, 0.2) is 73.2 Å². The van der Waals surface area contributed by atoms with E-state index in [1.807, 2.05) is 48.5 Å². The number of pyridine rings is 2. The second-order valence-electron chi connectivity index (χ2n) is 7.40. The van der Waals surface area contributed by atoms with Crippen molar-refractivity contribution in [3.05, 3.63) is 84.3 Å². The quantitative estimate of drug-likeness (QED) is 0.415. The third kappa shape index (κ3) is 2.37. The highest BCUT2D eigenvalue weighted by Gasteiger charge is 2.40. The summed E-state index contributed by atoms with van der Waals surface area (Å²) in [4.78, 5) is 36.8. The van der Waals surface area contributed by atoms with Crippen LogP contribution in [0.4, 0.5) is 5.69 Å². The van der Waals surface area contributed by atoms with Crippen molar-refractivity contribution in [2.45, 2.75) is 0 Å². The average molecular weight is 405 g/mol. The van der Waals surface area contributed by atoms with Gasteiger partial charge in [-0.2, -0.15) is 5.10 Å². The van der Waals surface area contributed by atoms with Crippen LogP contribution in [0.3, 0.4) is 0 Å². The van der Waals surface area contributed by atoms with E-state index < -0.39 is 0 Å². The number of hydrogen-bond acceptors (Lipinski definition) is 5. The molecule has 148 valence electrons. The van der Waals surface area contributed by atoms with Gasteiger partial charge in [0, 0.05) is 36.6 Å². The summed E-state index contributed by atoms with van der Waals surface area (Å²) in [6.07, 6.45) is 4.81. The second-order valence-corrected chi connectivity index (χ2v) is 7.40. The number of aryl methyl sites for hydroxylation is 1. The molecule has 0 radical (unpaired) electrons. The van der Waals surface area contributed by atoms with Crippen LogP contribution < -0.4 is 4.90 Å². The summed E-state index contributed by atoms with van der Waals surface area (Å²) in [6, 6.07) is 16.9. The molecule has 0 unspecified atom stereocenters. The smallest absolute Gasteiger partial charge is 0.267 e. The molecule has 0 spiro atoms. The van der Waals surface area contributed by atoms with Crippen LogP contribution in [0.25, 0.3) is 33.1 Å². The van der Waals surface area contributed by atoms with Crippen LogP contribution in [-0.4, -0.2) is 31.6 Å². The lowest BCUT2D eigenvalue weighted by Gasteiger charge is -2.16. The molecular formula is C24H15N5O2. The average Bonchev–Trinajstić information content (AvgIpc) is 3.28. The first-order valence-electron chi connectivity index (χ1n) is 9.78. The first-order chi connectivity index (χ1) is 15.1. The minimum Gasteiger partial charge on any atom is -0.268 e. The van der Waals surface area contributed by atoms with Gasteiger partial charge in [-0.25, -0.2) is 14.6 Å². The molecule has 7 nitrogen and oxygen atoms in total. The number of aromatic nitrogens is 4. The number of hydrogen-bond donors (Lipinski definition) is 0. The number of anilines is 1. The zero-order chi connectivity index (χ0) is 21.1. The van der Waals surface area contributed by atoms with E-state index in [1.54, 1.807) is 30.2 Å². The fraction of sp³-hybridized carbons (Fsp3) is 0.0417. The van der Waals surface area contributed by atoms with E-state index >= 15 is 0 Å². The molecule has 0 bridgehead atoms. The van der Waals surface area contributed by atoms with Crippen LogP contribution in [0.1, 0.15) is 20.7 Å². The molecule has 0 saturated carbocycles. The Morgan fingerprint density at radius 3 is 2.48 bits per heavy atom. The fourth-order valence-corrected chi connectivity index (χ4v) is 4.26. The summed E-state index contributed by atoms with van der Waals surface area (Å²) in [6.45, 7) is 0. The van der Waals surface area contributed by atoms with Crippen molar-refractivity contribution in [2.24, 2.45) is 7.05 Å². The van der Waals surface area contributed by atoms with Gasteiger partial charge in [0.25, 0.3) is 11.8 Å². The third-order valence-electron chi connectivity index (χ3n) is 5.66. The Morgan fingerprint density at radius 2 is 1.65 bits per heavy atom. The van der Waals surface area contributed by atoms with Gasteiger partial charge in [0.1, 0.15) is 5.69 Å². The Kier molecular flexibility index (Phi) is 3.55. The number of rotatable bonds is 2. The first-order valence-corrected chi connectivity index (χ1v) is 9.78. The summed E-state index contributed by atoms with van der Waals surface area (Å²) in [5.74, 6) is -0.748. The second kappa shape index (κ2) is 6.30. The molecule has 7 heteroatoms. The Balaban J connectivity index is 1.62. The van der Waals surface area contributed by atoms with Gasteiger partial charge in [-0.1, -0.05) is 36.4 Å². The summed E-state index contributed by atoms with van der Waals surface area (Å²) >= 11 is 0. The van der Waals surface area contributed by atoms with Crippen molar-refractivity contribution in [1.82, 2.24) is 19.7 Å². The van der Waals surface area contributed by atoms with Gasteiger partial charge in [-0.15, -0.1) is 0 Å². The minimum atomic E-state index is -0.379. The molecule has 31 heavy (non-hydrogen) atoms. The normalized spacial score (nSPS) is 13.4. The molecule has 0 N–H and O–H groups in total. The van der Waals surface area contributed by atoms with E-state index in [0.717, 1.165) is 16.3 Å². The van der Waals surface area contributed by atoms with Crippen molar-refractivity contribution < 1.29 is 9.59 Å². The van der Waals surface area contributed by atoms with E-state index in [9.17, 15) is 9.59 Å². The Morgan fingerprint density at radius 1 is 0.871 bits per heavy atom. The van der Waals surface area contributed by atoms with Crippen molar-refractivity contribution >= 4 is 39.3 Å². The molecule has 2 aromatic carbocycles. The topological polar surface area (TPSA) is 81.0 Å². The van der Waals surface area contributed by atoms with Gasteiger partial charge >= 0.3 is 0 Å². The molecule has 4 heterocycles. The van der Waals surface area contributed by atoms with E-state index in [4.69, 9.17) is 0 Å². The molecule has 3 aromatic heterocycles. The Hall–Kier alpha value is -4.39. The highest BCUT2D eigenvalue weighted by atomic mass is 16.2. The summed E-state index contributed by atoms with van der Waals surface area (Å²) in [5.41, 5.74) is 3.14. The van der Waals surface area contributed by atoms with Crippen LogP contribution in [0.5, 0.6) is 0 Å².